The Hall–Kier alpha value is -1.02. The molecule has 0 aliphatic heterocycles. The molecule has 2 rings (SSSR count). The van der Waals surface area contributed by atoms with E-state index >= 15 is 0 Å². The van der Waals surface area contributed by atoms with Crippen LogP contribution in [0.15, 0.2) is 24.3 Å². The van der Waals surface area contributed by atoms with Crippen LogP contribution in [0, 0.1) is 0 Å². The van der Waals surface area contributed by atoms with Crippen LogP contribution in [0.4, 0.5) is 0 Å². The van der Waals surface area contributed by atoms with Crippen molar-refractivity contribution >= 4 is 0 Å². The highest BCUT2D eigenvalue weighted by atomic mass is 16.5. The van der Waals surface area contributed by atoms with Gasteiger partial charge in [0.15, 0.2) is 0 Å². The molecule has 0 atom stereocenters. The summed E-state index contributed by atoms with van der Waals surface area (Å²) >= 11 is 0. The van der Waals surface area contributed by atoms with E-state index in [-0.39, 0.29) is 5.54 Å². The summed E-state index contributed by atoms with van der Waals surface area (Å²) in [6.07, 6.45) is 5.03. The summed E-state index contributed by atoms with van der Waals surface area (Å²) in [6.45, 7) is 0. The van der Waals surface area contributed by atoms with E-state index in [1.54, 1.807) is 7.11 Å². The molecule has 0 bridgehead atoms. The van der Waals surface area contributed by atoms with Crippen LogP contribution in [0.5, 0.6) is 5.75 Å². The number of rotatable bonds is 3. The first-order chi connectivity index (χ1) is 7.32. The van der Waals surface area contributed by atoms with Gasteiger partial charge in [0.1, 0.15) is 5.75 Å². The molecule has 1 saturated carbocycles. The molecule has 0 spiro atoms. The van der Waals surface area contributed by atoms with E-state index in [0.717, 1.165) is 5.75 Å². The van der Waals surface area contributed by atoms with E-state index in [1.807, 2.05) is 12.1 Å². The molecule has 0 aromatic heterocycles. The molecule has 0 amide bonds. The summed E-state index contributed by atoms with van der Waals surface area (Å²) in [5.41, 5.74) is 1.46. The average Bonchev–Trinajstić information content (AvgIpc) is 2.79. The smallest absolute Gasteiger partial charge is 0.123 e. The topological polar surface area (TPSA) is 21.3 Å². The van der Waals surface area contributed by atoms with Gasteiger partial charge in [-0.15, -0.1) is 0 Å². The predicted octanol–water partition coefficient (Wildman–Crippen LogP) is 2.68. The second-order valence-corrected chi connectivity index (χ2v) is 4.24. The lowest BCUT2D eigenvalue weighted by molar-refractivity contribution is 0.340. The standard InChI is InChI=1S/C13H19NO/c1-14-13(9-5-6-10-13)11-7-3-4-8-12(11)15-2/h3-4,7-8,14H,5-6,9-10H2,1-2H3. The van der Waals surface area contributed by atoms with Crippen molar-refractivity contribution < 1.29 is 4.74 Å². The van der Waals surface area contributed by atoms with E-state index in [9.17, 15) is 0 Å². The molecule has 2 heteroatoms. The molecule has 0 unspecified atom stereocenters. The fraction of sp³-hybridized carbons (Fsp3) is 0.538. The number of benzene rings is 1. The molecule has 1 N–H and O–H groups in total. The van der Waals surface area contributed by atoms with Gasteiger partial charge in [0, 0.05) is 11.1 Å². The largest absolute Gasteiger partial charge is 0.496 e. The number of para-hydroxylation sites is 1. The zero-order valence-electron chi connectivity index (χ0n) is 9.55. The van der Waals surface area contributed by atoms with Gasteiger partial charge in [-0.2, -0.15) is 0 Å². The van der Waals surface area contributed by atoms with Gasteiger partial charge < -0.3 is 10.1 Å². The fourth-order valence-corrected chi connectivity index (χ4v) is 2.67. The molecule has 1 aromatic rings. The monoisotopic (exact) mass is 205 g/mol. The van der Waals surface area contributed by atoms with Gasteiger partial charge in [-0.1, -0.05) is 31.0 Å². The minimum Gasteiger partial charge on any atom is -0.496 e. The Labute approximate surface area is 91.6 Å². The molecule has 15 heavy (non-hydrogen) atoms. The van der Waals surface area contributed by atoms with Crippen molar-refractivity contribution in [2.45, 2.75) is 31.2 Å². The van der Waals surface area contributed by atoms with Crippen molar-refractivity contribution in [3.8, 4) is 5.75 Å². The Morgan fingerprint density at radius 2 is 1.87 bits per heavy atom. The highest BCUT2D eigenvalue weighted by Gasteiger charge is 2.35. The summed E-state index contributed by atoms with van der Waals surface area (Å²) in [7, 11) is 3.80. The molecule has 1 fully saturated rings. The highest BCUT2D eigenvalue weighted by Crippen LogP contribution is 2.42. The van der Waals surface area contributed by atoms with Gasteiger partial charge in [0.2, 0.25) is 0 Å². The predicted molar refractivity (Wildman–Crippen MR) is 62.2 cm³/mol. The van der Waals surface area contributed by atoms with Crippen LogP contribution in [0.3, 0.4) is 0 Å². The molecule has 82 valence electrons. The van der Waals surface area contributed by atoms with Gasteiger partial charge in [-0.3, -0.25) is 0 Å². The lowest BCUT2D eigenvalue weighted by Crippen LogP contribution is -2.37. The van der Waals surface area contributed by atoms with Crippen LogP contribution < -0.4 is 10.1 Å². The van der Waals surface area contributed by atoms with Crippen LogP contribution in [0.2, 0.25) is 0 Å². The quantitative estimate of drug-likeness (QED) is 0.819. The third-order valence-electron chi connectivity index (χ3n) is 3.56. The average molecular weight is 205 g/mol. The van der Waals surface area contributed by atoms with Crippen LogP contribution in [-0.4, -0.2) is 14.2 Å². The van der Waals surface area contributed by atoms with Crippen molar-refractivity contribution in [3.05, 3.63) is 29.8 Å². The van der Waals surface area contributed by atoms with Gasteiger partial charge in [-0.25, -0.2) is 0 Å². The summed E-state index contributed by atoms with van der Waals surface area (Å²) in [4.78, 5) is 0. The molecule has 0 heterocycles. The zero-order valence-corrected chi connectivity index (χ0v) is 9.55. The Balaban J connectivity index is 2.41. The summed E-state index contributed by atoms with van der Waals surface area (Å²) in [5, 5.41) is 3.49. The third kappa shape index (κ3) is 1.74. The van der Waals surface area contributed by atoms with E-state index in [1.165, 1.54) is 31.2 Å². The normalized spacial score (nSPS) is 19.1. The second kappa shape index (κ2) is 4.23. The Morgan fingerprint density at radius 3 is 2.47 bits per heavy atom. The van der Waals surface area contributed by atoms with Crippen LogP contribution >= 0.6 is 0 Å². The van der Waals surface area contributed by atoms with Crippen molar-refractivity contribution in [2.24, 2.45) is 0 Å². The summed E-state index contributed by atoms with van der Waals surface area (Å²) < 4.78 is 5.44. The van der Waals surface area contributed by atoms with Gasteiger partial charge >= 0.3 is 0 Å². The zero-order chi connectivity index (χ0) is 10.7. The minimum absolute atomic E-state index is 0.145. The fourth-order valence-electron chi connectivity index (χ4n) is 2.67. The number of ether oxygens (including phenoxy) is 1. The van der Waals surface area contributed by atoms with Crippen molar-refractivity contribution in [3.63, 3.8) is 0 Å². The number of nitrogens with one attached hydrogen (secondary N) is 1. The number of hydrogen-bond acceptors (Lipinski definition) is 2. The van der Waals surface area contributed by atoms with Crippen LogP contribution in [-0.2, 0) is 5.54 Å². The molecule has 0 saturated heterocycles. The number of methoxy groups -OCH3 is 1. The molecule has 2 nitrogen and oxygen atoms in total. The Bertz CT molecular complexity index is 329. The first-order valence-corrected chi connectivity index (χ1v) is 5.65. The molecule has 1 aliphatic rings. The first-order valence-electron chi connectivity index (χ1n) is 5.65. The second-order valence-electron chi connectivity index (χ2n) is 4.24. The maximum Gasteiger partial charge on any atom is 0.123 e. The van der Waals surface area contributed by atoms with Crippen molar-refractivity contribution in [1.29, 1.82) is 0 Å². The van der Waals surface area contributed by atoms with Crippen molar-refractivity contribution in [1.82, 2.24) is 5.32 Å². The Kier molecular flexibility index (Phi) is 2.96. The molecule has 1 aliphatic carbocycles. The van der Waals surface area contributed by atoms with Crippen LogP contribution in [0.25, 0.3) is 0 Å². The Morgan fingerprint density at radius 1 is 1.20 bits per heavy atom. The minimum atomic E-state index is 0.145. The third-order valence-corrected chi connectivity index (χ3v) is 3.56. The summed E-state index contributed by atoms with van der Waals surface area (Å²) in [5.74, 6) is 1.01. The van der Waals surface area contributed by atoms with E-state index in [0.29, 0.717) is 0 Å². The lowest BCUT2D eigenvalue weighted by atomic mass is 9.87. The van der Waals surface area contributed by atoms with Gasteiger partial charge in [0.25, 0.3) is 0 Å². The molecule has 0 radical (unpaired) electrons. The maximum absolute atomic E-state index is 5.44. The SMILES string of the molecule is CNC1(c2ccccc2OC)CCCC1. The first kappa shape index (κ1) is 10.5. The molecule has 1 aromatic carbocycles. The van der Waals surface area contributed by atoms with E-state index < -0.39 is 0 Å². The lowest BCUT2D eigenvalue weighted by Gasteiger charge is -2.30. The molecular formula is C13H19NO. The van der Waals surface area contributed by atoms with E-state index in [2.05, 4.69) is 24.5 Å². The van der Waals surface area contributed by atoms with Crippen molar-refractivity contribution in [2.75, 3.05) is 14.2 Å². The van der Waals surface area contributed by atoms with E-state index in [4.69, 9.17) is 4.74 Å². The van der Waals surface area contributed by atoms with Crippen LogP contribution in [0.1, 0.15) is 31.2 Å². The van der Waals surface area contributed by atoms with Gasteiger partial charge in [-0.05, 0) is 26.0 Å². The molecular weight excluding hydrogens is 186 g/mol. The highest BCUT2D eigenvalue weighted by molar-refractivity contribution is 5.39. The summed E-state index contributed by atoms with van der Waals surface area (Å²) in [6, 6.07) is 8.35. The maximum atomic E-state index is 5.44. The van der Waals surface area contributed by atoms with Gasteiger partial charge in [0.05, 0.1) is 7.11 Å². The number of hydrogen-bond donors (Lipinski definition) is 1.